The molecule has 396 valence electrons. The van der Waals surface area contributed by atoms with E-state index in [4.69, 9.17) is 14.2 Å². The van der Waals surface area contributed by atoms with Gasteiger partial charge in [0.25, 0.3) is 0 Å². The summed E-state index contributed by atoms with van der Waals surface area (Å²) in [5.74, 6) is -0.928. The van der Waals surface area contributed by atoms with Crippen molar-refractivity contribution in [2.45, 2.75) is 284 Å². The molecule has 0 radical (unpaired) electrons. The zero-order valence-corrected chi connectivity index (χ0v) is 45.3. The summed E-state index contributed by atoms with van der Waals surface area (Å²) in [6.07, 6.45) is 74.3. The molecule has 69 heavy (non-hydrogen) atoms. The Morgan fingerprint density at radius 1 is 0.304 bits per heavy atom. The summed E-state index contributed by atoms with van der Waals surface area (Å²) in [6, 6.07) is 0. The number of hydrogen-bond donors (Lipinski definition) is 0. The van der Waals surface area contributed by atoms with E-state index >= 15 is 0 Å². The largest absolute Gasteiger partial charge is 0.462 e. The number of rotatable bonds is 52. The summed E-state index contributed by atoms with van der Waals surface area (Å²) in [6.45, 7) is 6.48. The maximum absolute atomic E-state index is 12.9. The van der Waals surface area contributed by atoms with Crippen LogP contribution in [-0.2, 0) is 28.6 Å². The van der Waals surface area contributed by atoms with Crippen LogP contribution >= 0.6 is 0 Å². The number of unbranched alkanes of at least 4 members (excludes halogenated alkanes) is 27. The third kappa shape index (κ3) is 55.4. The van der Waals surface area contributed by atoms with E-state index in [0.717, 1.165) is 122 Å². The smallest absolute Gasteiger partial charge is 0.306 e. The minimum atomic E-state index is -0.797. The highest BCUT2D eigenvalue weighted by Crippen LogP contribution is 2.15. The topological polar surface area (TPSA) is 78.9 Å². The fraction of sp³-hybridized carbons (Fsp3) is 0.730. The quantitative estimate of drug-likeness (QED) is 0.0262. The van der Waals surface area contributed by atoms with Gasteiger partial charge in [0.2, 0.25) is 0 Å². The standard InChI is InChI=1S/C63H108O6/c1-4-7-10-13-16-19-22-25-28-30-31-33-35-38-41-44-47-50-53-56-62(65)68-59-60(58-67-61(64)55-52-49-46-43-40-37-34-27-24-21-18-15-12-9-6-3)69-63(66)57-54-51-48-45-42-39-36-32-29-26-23-20-17-14-11-8-5-2/h9,12,17-18,20-21,25-29,34,36,39,60H,4-8,10-11,13-16,19,22-24,30-33,35,37-38,40-59H2,1-3H3/b12-9-,20-17-,21-18-,28-25-,29-26-,34-27-,39-36-/t60-/m1/s1. The van der Waals surface area contributed by atoms with Crippen LogP contribution in [0.25, 0.3) is 0 Å². The minimum Gasteiger partial charge on any atom is -0.462 e. The molecule has 0 saturated carbocycles. The normalized spacial score (nSPS) is 12.7. The Bertz CT molecular complexity index is 1330. The van der Waals surface area contributed by atoms with Crippen LogP contribution in [0.1, 0.15) is 278 Å². The molecule has 0 heterocycles. The predicted molar refractivity (Wildman–Crippen MR) is 297 cm³/mol. The van der Waals surface area contributed by atoms with Crippen LogP contribution in [0.4, 0.5) is 0 Å². The Morgan fingerprint density at radius 3 is 0.928 bits per heavy atom. The number of esters is 3. The molecule has 0 fully saturated rings. The lowest BCUT2D eigenvalue weighted by atomic mass is 10.1. The summed E-state index contributed by atoms with van der Waals surface area (Å²) in [7, 11) is 0. The number of ether oxygens (including phenoxy) is 3. The van der Waals surface area contributed by atoms with Crippen LogP contribution in [0.15, 0.2) is 85.1 Å². The highest BCUT2D eigenvalue weighted by Gasteiger charge is 2.19. The first-order valence-electron chi connectivity index (χ1n) is 29.1. The second kappa shape index (κ2) is 57.2. The van der Waals surface area contributed by atoms with Crippen molar-refractivity contribution in [2.75, 3.05) is 13.2 Å². The van der Waals surface area contributed by atoms with E-state index in [2.05, 4.69) is 106 Å². The molecule has 0 aliphatic heterocycles. The highest BCUT2D eigenvalue weighted by atomic mass is 16.6. The predicted octanol–water partition coefficient (Wildman–Crippen LogP) is 19.5. The molecule has 0 unspecified atom stereocenters. The number of hydrogen-bond acceptors (Lipinski definition) is 6. The summed E-state index contributed by atoms with van der Waals surface area (Å²) >= 11 is 0. The Balaban J connectivity index is 4.43. The highest BCUT2D eigenvalue weighted by molar-refractivity contribution is 5.71. The zero-order chi connectivity index (χ0) is 50.0. The van der Waals surface area contributed by atoms with E-state index < -0.39 is 6.10 Å². The van der Waals surface area contributed by atoms with Crippen molar-refractivity contribution in [3.05, 3.63) is 85.1 Å². The maximum Gasteiger partial charge on any atom is 0.306 e. The van der Waals surface area contributed by atoms with Gasteiger partial charge in [-0.2, -0.15) is 0 Å². The molecule has 0 aromatic rings. The van der Waals surface area contributed by atoms with Crippen molar-refractivity contribution in [3.63, 3.8) is 0 Å². The van der Waals surface area contributed by atoms with E-state index in [1.807, 2.05) is 0 Å². The summed E-state index contributed by atoms with van der Waals surface area (Å²) in [4.78, 5) is 38.2. The van der Waals surface area contributed by atoms with Gasteiger partial charge < -0.3 is 14.2 Å². The third-order valence-corrected chi connectivity index (χ3v) is 12.4. The molecular weight excluding hydrogens is 853 g/mol. The van der Waals surface area contributed by atoms with Crippen molar-refractivity contribution in [1.82, 2.24) is 0 Å². The first-order chi connectivity index (χ1) is 34.0. The van der Waals surface area contributed by atoms with Crippen LogP contribution in [0.3, 0.4) is 0 Å². The van der Waals surface area contributed by atoms with Crippen LogP contribution in [0.2, 0.25) is 0 Å². The molecule has 0 amide bonds. The van der Waals surface area contributed by atoms with Gasteiger partial charge in [0, 0.05) is 19.3 Å². The van der Waals surface area contributed by atoms with Crippen molar-refractivity contribution in [1.29, 1.82) is 0 Å². The summed E-state index contributed by atoms with van der Waals surface area (Å²) in [5, 5.41) is 0. The van der Waals surface area contributed by atoms with E-state index in [-0.39, 0.29) is 31.1 Å². The molecule has 0 bridgehead atoms. The van der Waals surface area contributed by atoms with Crippen LogP contribution < -0.4 is 0 Å². The third-order valence-electron chi connectivity index (χ3n) is 12.4. The molecule has 1 atom stereocenters. The van der Waals surface area contributed by atoms with Crippen LogP contribution in [-0.4, -0.2) is 37.2 Å². The van der Waals surface area contributed by atoms with Gasteiger partial charge in [-0.1, -0.05) is 228 Å². The van der Waals surface area contributed by atoms with Crippen molar-refractivity contribution < 1.29 is 28.6 Å². The number of allylic oxidation sites excluding steroid dienone is 14. The first-order valence-corrected chi connectivity index (χ1v) is 29.1. The van der Waals surface area contributed by atoms with Crippen LogP contribution in [0, 0.1) is 0 Å². The summed E-state index contributed by atoms with van der Waals surface area (Å²) in [5.41, 5.74) is 0. The molecule has 0 rings (SSSR count). The summed E-state index contributed by atoms with van der Waals surface area (Å²) < 4.78 is 16.8. The first kappa shape index (κ1) is 65.6. The number of carbonyl (C=O) groups excluding carboxylic acids is 3. The molecule has 0 aromatic carbocycles. The zero-order valence-electron chi connectivity index (χ0n) is 45.3. The van der Waals surface area contributed by atoms with Crippen LogP contribution in [0.5, 0.6) is 0 Å². The second-order valence-corrected chi connectivity index (χ2v) is 19.2. The van der Waals surface area contributed by atoms with E-state index in [9.17, 15) is 14.4 Å². The van der Waals surface area contributed by atoms with E-state index in [1.165, 1.54) is 116 Å². The lowest BCUT2D eigenvalue weighted by molar-refractivity contribution is -0.167. The molecule has 0 aliphatic rings. The molecule has 0 spiro atoms. The minimum absolute atomic E-state index is 0.0922. The molecule has 6 heteroatoms. The van der Waals surface area contributed by atoms with Gasteiger partial charge in [-0.05, 0) is 116 Å². The molecule has 0 aliphatic carbocycles. The van der Waals surface area contributed by atoms with Crippen molar-refractivity contribution >= 4 is 17.9 Å². The van der Waals surface area contributed by atoms with Gasteiger partial charge in [0.05, 0.1) is 0 Å². The second-order valence-electron chi connectivity index (χ2n) is 19.2. The van der Waals surface area contributed by atoms with Crippen molar-refractivity contribution in [2.24, 2.45) is 0 Å². The Labute approximate surface area is 426 Å². The molecule has 0 N–H and O–H groups in total. The Kier molecular flexibility index (Phi) is 54.3. The molecule has 0 saturated heterocycles. The Morgan fingerprint density at radius 2 is 0.565 bits per heavy atom. The lowest BCUT2D eigenvalue weighted by Gasteiger charge is -2.18. The molecule has 6 nitrogen and oxygen atoms in total. The van der Waals surface area contributed by atoms with Crippen molar-refractivity contribution in [3.8, 4) is 0 Å². The monoisotopic (exact) mass is 961 g/mol. The fourth-order valence-corrected chi connectivity index (χ4v) is 7.99. The molecule has 0 aromatic heterocycles. The van der Waals surface area contributed by atoms with Gasteiger partial charge in [-0.25, -0.2) is 0 Å². The fourth-order valence-electron chi connectivity index (χ4n) is 7.99. The SMILES string of the molecule is CC/C=C\C/C=C\C/C=C\CCCCCCCC(=O)OC[C@H](COC(=O)CCCCCCCCCCC/C=C\CCCCCCCC)OC(=O)CCCCCC/C=C\C/C=C\C/C=C\CCCCC. The van der Waals surface area contributed by atoms with E-state index in [1.54, 1.807) is 0 Å². The average molecular weight is 962 g/mol. The Hall–Kier alpha value is -3.41. The number of carbonyl (C=O) groups is 3. The van der Waals surface area contributed by atoms with Gasteiger partial charge in [0.1, 0.15) is 13.2 Å². The van der Waals surface area contributed by atoms with Gasteiger partial charge in [-0.15, -0.1) is 0 Å². The van der Waals surface area contributed by atoms with E-state index in [0.29, 0.717) is 19.3 Å². The average Bonchev–Trinajstić information content (AvgIpc) is 3.35. The van der Waals surface area contributed by atoms with Gasteiger partial charge in [-0.3, -0.25) is 14.4 Å². The maximum atomic E-state index is 12.9. The van der Waals surface area contributed by atoms with Gasteiger partial charge in [0.15, 0.2) is 6.10 Å². The lowest BCUT2D eigenvalue weighted by Crippen LogP contribution is -2.30. The van der Waals surface area contributed by atoms with Gasteiger partial charge >= 0.3 is 17.9 Å². The molecular formula is C63H108O6.